The molecule has 2 aromatic carbocycles. The largest absolute Gasteiger partial charge is 0.489 e. The maximum Gasteiger partial charge on any atom is 0.185 e. The highest BCUT2D eigenvalue weighted by Gasteiger charge is 2.15. The van der Waals surface area contributed by atoms with Gasteiger partial charge < -0.3 is 18.8 Å². The van der Waals surface area contributed by atoms with Crippen molar-refractivity contribution < 1.29 is 19.0 Å². The average molecular weight is 425 g/mol. The van der Waals surface area contributed by atoms with Gasteiger partial charge in [-0.2, -0.15) is 0 Å². The Morgan fingerprint density at radius 2 is 2.03 bits per heavy atom. The monoisotopic (exact) mass is 424 g/mol. The average Bonchev–Trinajstić information content (AvgIpc) is 3.01. The van der Waals surface area contributed by atoms with Gasteiger partial charge >= 0.3 is 0 Å². The number of benzene rings is 2. The molecule has 0 fully saturated rings. The molecule has 0 radical (unpaired) electrons. The van der Waals surface area contributed by atoms with E-state index >= 15 is 0 Å². The first-order chi connectivity index (χ1) is 14.6. The van der Waals surface area contributed by atoms with E-state index in [1.165, 1.54) is 6.08 Å². The zero-order valence-corrected chi connectivity index (χ0v) is 17.3. The molecule has 0 saturated carbocycles. The van der Waals surface area contributed by atoms with Crippen molar-refractivity contribution in [2.75, 3.05) is 13.2 Å². The molecule has 0 amide bonds. The predicted molar refractivity (Wildman–Crippen MR) is 114 cm³/mol. The number of hydrogen-bond donors (Lipinski definition) is 0. The van der Waals surface area contributed by atoms with Crippen LogP contribution in [0.15, 0.2) is 54.9 Å². The Hall–Kier alpha value is -3.25. The Balaban J connectivity index is 1.41. The third-order valence-corrected chi connectivity index (χ3v) is 4.96. The molecule has 0 N–H and O–H groups in total. The molecule has 1 aliphatic rings. The zero-order chi connectivity index (χ0) is 20.9. The molecule has 7 heteroatoms. The van der Waals surface area contributed by atoms with Crippen molar-refractivity contribution in [1.29, 1.82) is 0 Å². The maximum atomic E-state index is 12.5. The minimum Gasteiger partial charge on any atom is -0.489 e. The first-order valence-electron chi connectivity index (χ1n) is 9.61. The number of carbonyl (C=O) groups is 1. The molecule has 154 valence electrons. The van der Waals surface area contributed by atoms with Crippen molar-refractivity contribution >= 4 is 23.5 Å². The van der Waals surface area contributed by atoms with Gasteiger partial charge in [0.05, 0.1) is 18.2 Å². The van der Waals surface area contributed by atoms with Gasteiger partial charge in [-0.15, -0.1) is 0 Å². The van der Waals surface area contributed by atoms with Gasteiger partial charge in [0.2, 0.25) is 0 Å². The number of imidazole rings is 1. The lowest BCUT2D eigenvalue weighted by Gasteiger charge is -2.10. The van der Waals surface area contributed by atoms with Crippen molar-refractivity contribution in [2.45, 2.75) is 13.0 Å². The Labute approximate surface area is 179 Å². The Kier molecular flexibility index (Phi) is 6.05. The van der Waals surface area contributed by atoms with E-state index in [-0.39, 0.29) is 5.78 Å². The number of hydrogen-bond acceptors (Lipinski definition) is 5. The van der Waals surface area contributed by atoms with Crippen LogP contribution in [-0.4, -0.2) is 28.5 Å². The Bertz CT molecular complexity index is 1070. The summed E-state index contributed by atoms with van der Waals surface area (Å²) in [6.07, 6.45) is 7.62. The molecule has 0 bridgehead atoms. The highest BCUT2D eigenvalue weighted by Crippen LogP contribution is 2.38. The third-order valence-electron chi connectivity index (χ3n) is 4.68. The summed E-state index contributed by atoms with van der Waals surface area (Å²) in [7, 11) is 1.91. The standard InChI is InChI=1S/C23H21ClN2O4/c1-26-10-9-25-22(26)15-30-18-6-4-17(5-7-18)20(27)8-3-16-13-19(24)23-21(14-16)28-11-2-12-29-23/h3-10,13-14H,2,11-12,15H2,1H3. The summed E-state index contributed by atoms with van der Waals surface area (Å²) in [4.78, 5) is 16.7. The van der Waals surface area contributed by atoms with E-state index in [0.717, 1.165) is 17.8 Å². The second-order valence-corrected chi connectivity index (χ2v) is 7.25. The molecule has 4 rings (SSSR count). The molecule has 0 spiro atoms. The maximum absolute atomic E-state index is 12.5. The van der Waals surface area contributed by atoms with Crippen molar-refractivity contribution in [3.8, 4) is 17.2 Å². The fraction of sp³-hybridized carbons (Fsp3) is 0.217. The van der Waals surface area contributed by atoms with E-state index in [1.807, 2.05) is 23.9 Å². The van der Waals surface area contributed by atoms with Gasteiger partial charge in [0.15, 0.2) is 17.3 Å². The number of aromatic nitrogens is 2. The van der Waals surface area contributed by atoms with Crippen molar-refractivity contribution in [3.63, 3.8) is 0 Å². The fourth-order valence-corrected chi connectivity index (χ4v) is 3.29. The summed E-state index contributed by atoms with van der Waals surface area (Å²) in [6.45, 7) is 1.51. The van der Waals surface area contributed by atoms with Crippen molar-refractivity contribution in [2.24, 2.45) is 7.05 Å². The minimum atomic E-state index is -0.117. The number of carbonyl (C=O) groups excluding carboxylic acids is 1. The van der Waals surface area contributed by atoms with Gasteiger partial charge in [0, 0.05) is 31.4 Å². The highest BCUT2D eigenvalue weighted by molar-refractivity contribution is 6.32. The van der Waals surface area contributed by atoms with Crippen LogP contribution in [0.5, 0.6) is 17.2 Å². The summed E-state index contributed by atoms with van der Waals surface area (Å²) in [5, 5.41) is 0.468. The summed E-state index contributed by atoms with van der Waals surface area (Å²) >= 11 is 6.30. The van der Waals surface area contributed by atoms with Gasteiger partial charge in [-0.1, -0.05) is 17.7 Å². The third kappa shape index (κ3) is 4.66. The number of nitrogens with zero attached hydrogens (tertiary/aromatic N) is 2. The predicted octanol–water partition coefficient (Wildman–Crippen LogP) is 4.71. The summed E-state index contributed by atoms with van der Waals surface area (Å²) in [5.41, 5.74) is 1.34. The highest BCUT2D eigenvalue weighted by atomic mass is 35.5. The topological polar surface area (TPSA) is 62.6 Å². The first kappa shape index (κ1) is 20.0. The summed E-state index contributed by atoms with van der Waals surface area (Å²) in [5.74, 6) is 2.54. The SMILES string of the molecule is Cn1ccnc1COc1ccc(C(=O)C=Cc2cc(Cl)c3c(c2)OCCCO3)cc1. The quantitative estimate of drug-likeness (QED) is 0.423. The van der Waals surface area contributed by atoms with Crippen LogP contribution in [0.3, 0.4) is 0 Å². The molecule has 1 aromatic heterocycles. The number of rotatable bonds is 6. The van der Waals surface area contributed by atoms with Gasteiger partial charge in [0.1, 0.15) is 18.2 Å². The number of fused-ring (bicyclic) bond motifs is 1. The number of halogens is 1. The van der Waals surface area contributed by atoms with Crippen LogP contribution in [0, 0.1) is 0 Å². The molecule has 0 unspecified atom stereocenters. The Morgan fingerprint density at radius 1 is 1.23 bits per heavy atom. The van der Waals surface area contributed by atoms with Crippen LogP contribution in [0.1, 0.15) is 28.2 Å². The molecule has 0 atom stereocenters. The first-order valence-corrected chi connectivity index (χ1v) is 9.98. The van der Waals surface area contributed by atoms with Crippen LogP contribution in [-0.2, 0) is 13.7 Å². The van der Waals surface area contributed by atoms with Crippen LogP contribution in [0.25, 0.3) is 6.08 Å². The van der Waals surface area contributed by atoms with Gasteiger partial charge in [-0.3, -0.25) is 4.79 Å². The van der Waals surface area contributed by atoms with Crippen LogP contribution < -0.4 is 14.2 Å². The summed E-state index contributed by atoms with van der Waals surface area (Å²) in [6, 6.07) is 10.6. The molecule has 3 aromatic rings. The Morgan fingerprint density at radius 3 is 2.80 bits per heavy atom. The molecular formula is C23H21ClN2O4. The van der Waals surface area contributed by atoms with Crippen LogP contribution in [0.2, 0.25) is 5.02 Å². The van der Waals surface area contributed by atoms with Crippen molar-refractivity contribution in [3.05, 3.63) is 76.8 Å². The lowest BCUT2D eigenvalue weighted by molar-refractivity contribution is 0.104. The number of allylic oxidation sites excluding steroid dienone is 1. The number of ether oxygens (including phenoxy) is 3. The molecule has 0 saturated heterocycles. The lowest BCUT2D eigenvalue weighted by Crippen LogP contribution is -2.03. The second-order valence-electron chi connectivity index (χ2n) is 6.85. The number of ketones is 1. The molecule has 2 heterocycles. The van der Waals surface area contributed by atoms with Gasteiger partial charge in [-0.25, -0.2) is 4.98 Å². The smallest absolute Gasteiger partial charge is 0.185 e. The van der Waals surface area contributed by atoms with Crippen LogP contribution >= 0.6 is 11.6 Å². The minimum absolute atomic E-state index is 0.117. The summed E-state index contributed by atoms with van der Waals surface area (Å²) < 4.78 is 18.9. The van der Waals surface area contributed by atoms with E-state index in [1.54, 1.807) is 42.6 Å². The van der Waals surface area contributed by atoms with Gasteiger partial charge in [-0.05, 0) is 48.0 Å². The molecule has 0 aliphatic carbocycles. The molecule has 6 nitrogen and oxygen atoms in total. The fourth-order valence-electron chi connectivity index (χ4n) is 3.01. The van der Waals surface area contributed by atoms with E-state index < -0.39 is 0 Å². The second kappa shape index (κ2) is 9.05. The molecular weight excluding hydrogens is 404 g/mol. The van der Waals surface area contributed by atoms with E-state index in [4.69, 9.17) is 25.8 Å². The van der Waals surface area contributed by atoms with Gasteiger partial charge in [0.25, 0.3) is 0 Å². The van der Waals surface area contributed by atoms with Crippen molar-refractivity contribution in [1.82, 2.24) is 9.55 Å². The lowest BCUT2D eigenvalue weighted by atomic mass is 10.1. The van der Waals surface area contributed by atoms with E-state index in [9.17, 15) is 4.79 Å². The number of aryl methyl sites for hydroxylation is 1. The van der Waals surface area contributed by atoms with Crippen LogP contribution in [0.4, 0.5) is 0 Å². The molecule has 1 aliphatic heterocycles. The zero-order valence-electron chi connectivity index (χ0n) is 16.5. The molecule has 30 heavy (non-hydrogen) atoms. The normalized spacial score (nSPS) is 13.3. The van der Waals surface area contributed by atoms with E-state index in [2.05, 4.69) is 4.98 Å². The van der Waals surface area contributed by atoms with E-state index in [0.29, 0.717) is 47.7 Å².